The Kier molecular flexibility index (Phi) is 6.30. The molecule has 64 valence electrons. The SMILES string of the molecule is O=[AsH](O)Oc1ccccc1Cl.[Zr]. The average Bonchev–Trinajstić information content (AvgIpc) is 1.93. The van der Waals surface area contributed by atoms with E-state index in [9.17, 15) is 3.74 Å². The zero-order valence-corrected chi connectivity index (χ0v) is 11.3. The molecule has 1 unspecified atom stereocenters. The normalized spacial score (nSPS) is 11.5. The van der Waals surface area contributed by atoms with Gasteiger partial charge >= 0.3 is 73.5 Å². The van der Waals surface area contributed by atoms with Gasteiger partial charge in [-0.25, -0.2) is 0 Å². The fourth-order valence-electron chi connectivity index (χ4n) is 0.622. The second-order valence-corrected chi connectivity index (χ2v) is 3.75. The van der Waals surface area contributed by atoms with Crippen molar-refractivity contribution in [1.29, 1.82) is 0 Å². The van der Waals surface area contributed by atoms with Crippen LogP contribution in [0.5, 0.6) is 5.75 Å². The molecule has 0 spiro atoms. The van der Waals surface area contributed by atoms with Crippen LogP contribution in [0.25, 0.3) is 0 Å². The maximum absolute atomic E-state index is 10.3. The summed E-state index contributed by atoms with van der Waals surface area (Å²) in [6.07, 6.45) is 0. The topological polar surface area (TPSA) is 46.5 Å². The molecule has 1 rings (SSSR count). The van der Waals surface area contributed by atoms with E-state index in [1.165, 1.54) is 0 Å². The van der Waals surface area contributed by atoms with Gasteiger partial charge in [-0.1, -0.05) is 0 Å². The first-order valence-electron chi connectivity index (χ1n) is 2.85. The monoisotopic (exact) mass is 326 g/mol. The van der Waals surface area contributed by atoms with Gasteiger partial charge < -0.3 is 0 Å². The molecule has 1 aromatic carbocycles. The van der Waals surface area contributed by atoms with Crippen LogP contribution in [-0.4, -0.2) is 19.4 Å². The maximum atomic E-state index is 10.3. The van der Waals surface area contributed by atoms with Gasteiger partial charge in [-0.05, 0) is 0 Å². The molecule has 3 nitrogen and oxygen atoms in total. The zero-order valence-electron chi connectivity index (χ0n) is 5.95. The van der Waals surface area contributed by atoms with Gasteiger partial charge in [0.05, 0.1) is 0 Å². The van der Waals surface area contributed by atoms with E-state index in [1.54, 1.807) is 24.3 Å². The average molecular weight is 328 g/mol. The molecular weight excluding hydrogens is 322 g/mol. The first-order valence-corrected chi connectivity index (χ1v) is 5.88. The quantitative estimate of drug-likeness (QED) is 0.820. The summed E-state index contributed by atoms with van der Waals surface area (Å²) in [5.41, 5.74) is 0. The number of para-hydroxylation sites is 1. The molecule has 0 saturated heterocycles. The van der Waals surface area contributed by atoms with Gasteiger partial charge in [0.1, 0.15) is 0 Å². The van der Waals surface area contributed by atoms with E-state index in [0.29, 0.717) is 5.02 Å². The Morgan fingerprint density at radius 2 is 2.00 bits per heavy atom. The molecule has 1 aromatic rings. The van der Waals surface area contributed by atoms with Crippen LogP contribution >= 0.6 is 11.6 Å². The van der Waals surface area contributed by atoms with Gasteiger partial charge in [0.2, 0.25) is 0 Å². The smallest absolute Gasteiger partial charge is 0 e. The second-order valence-electron chi connectivity index (χ2n) is 1.80. The fourth-order valence-corrected chi connectivity index (χ4v) is 1.70. The first kappa shape index (κ1) is 12.5. The summed E-state index contributed by atoms with van der Waals surface area (Å²) in [5, 5.41) is 0.349. The molecule has 0 radical (unpaired) electrons. The Labute approximate surface area is 99.0 Å². The minimum Gasteiger partial charge on any atom is 0 e. The van der Waals surface area contributed by atoms with Crippen LogP contribution in [0.2, 0.25) is 5.02 Å². The van der Waals surface area contributed by atoms with E-state index in [1.807, 2.05) is 0 Å². The molecule has 1 N–H and O–H groups in total. The molecule has 0 heterocycles. The number of hydrogen-bond acceptors (Lipinski definition) is 2. The Balaban J connectivity index is 0.00000121. The van der Waals surface area contributed by atoms with E-state index < -0.39 is 15.3 Å². The molecule has 12 heavy (non-hydrogen) atoms. The third kappa shape index (κ3) is 3.95. The number of rotatable bonds is 2. The molecule has 0 fully saturated rings. The molecule has 0 amide bonds. The maximum Gasteiger partial charge on any atom is 0 e. The Bertz CT molecular complexity index is 281. The predicted molar refractivity (Wildman–Crippen MR) is 42.1 cm³/mol. The summed E-state index contributed by atoms with van der Waals surface area (Å²) in [6, 6.07) is 6.54. The molecule has 0 aliphatic rings. The molecule has 0 aliphatic carbocycles. The summed E-state index contributed by atoms with van der Waals surface area (Å²) < 4.78 is 23.3. The van der Waals surface area contributed by atoms with E-state index in [4.69, 9.17) is 15.7 Å². The van der Waals surface area contributed by atoms with Crippen LogP contribution in [0.15, 0.2) is 24.3 Å². The fraction of sp³-hybridized carbons (Fsp3) is 0. The van der Waals surface area contributed by atoms with E-state index in [0.717, 1.165) is 0 Å². The summed E-state index contributed by atoms with van der Waals surface area (Å²) in [4.78, 5) is 0. The number of hydrogen-bond donors (Lipinski definition) is 1. The molecule has 0 aliphatic heterocycles. The van der Waals surface area contributed by atoms with Crippen molar-refractivity contribution in [3.05, 3.63) is 29.3 Å². The van der Waals surface area contributed by atoms with E-state index in [2.05, 4.69) is 3.73 Å². The van der Waals surface area contributed by atoms with Gasteiger partial charge in [0.15, 0.2) is 0 Å². The van der Waals surface area contributed by atoms with Crippen molar-refractivity contribution in [1.82, 2.24) is 0 Å². The van der Waals surface area contributed by atoms with Crippen molar-refractivity contribution in [2.75, 3.05) is 0 Å². The second kappa shape index (κ2) is 6.04. The Morgan fingerprint density at radius 1 is 1.42 bits per heavy atom. The van der Waals surface area contributed by atoms with Crippen molar-refractivity contribution < 1.29 is 37.8 Å². The summed E-state index contributed by atoms with van der Waals surface area (Å²) in [7, 11) is 0. The summed E-state index contributed by atoms with van der Waals surface area (Å²) >= 11 is 2.12. The summed E-state index contributed by atoms with van der Waals surface area (Å²) in [6.45, 7) is 0. The molecule has 0 saturated carbocycles. The third-order valence-electron chi connectivity index (χ3n) is 1.03. The molecule has 1 atom stereocenters. The van der Waals surface area contributed by atoms with Gasteiger partial charge in [-0.2, -0.15) is 0 Å². The van der Waals surface area contributed by atoms with E-state index in [-0.39, 0.29) is 32.0 Å². The van der Waals surface area contributed by atoms with Crippen LogP contribution < -0.4 is 3.73 Å². The van der Waals surface area contributed by atoms with Crippen LogP contribution in [0.4, 0.5) is 0 Å². The Morgan fingerprint density at radius 3 is 2.50 bits per heavy atom. The largest absolute Gasteiger partial charge is 0 e. The Hall–Kier alpha value is 0.512. The minimum atomic E-state index is -3.50. The zero-order chi connectivity index (χ0) is 8.27. The van der Waals surface area contributed by atoms with Gasteiger partial charge in [-0.15, -0.1) is 0 Å². The van der Waals surface area contributed by atoms with Crippen LogP contribution in [0.1, 0.15) is 0 Å². The first-order chi connectivity index (χ1) is 5.20. The van der Waals surface area contributed by atoms with Crippen LogP contribution in [0.3, 0.4) is 0 Å². The van der Waals surface area contributed by atoms with Crippen LogP contribution in [-0.2, 0) is 29.9 Å². The van der Waals surface area contributed by atoms with Crippen molar-refractivity contribution >= 4 is 26.9 Å². The van der Waals surface area contributed by atoms with Crippen molar-refractivity contribution in [2.24, 2.45) is 0 Å². The number of benzene rings is 1. The van der Waals surface area contributed by atoms with Gasteiger partial charge in [-0.3, -0.25) is 0 Å². The molecule has 6 heteroatoms. The van der Waals surface area contributed by atoms with Crippen molar-refractivity contribution in [3.63, 3.8) is 0 Å². The standard InChI is InChI=1S/C6H6AsClO3.Zr/c8-5-3-1-2-4-6(5)11-7(9)10;/h1-4,7H,(H,9,10);. The minimum absolute atomic E-state index is 0. The van der Waals surface area contributed by atoms with E-state index >= 15 is 0 Å². The van der Waals surface area contributed by atoms with Crippen LogP contribution in [0, 0.1) is 0 Å². The van der Waals surface area contributed by atoms with Gasteiger partial charge in [0, 0.05) is 26.2 Å². The molecule has 0 bridgehead atoms. The summed E-state index contributed by atoms with van der Waals surface area (Å²) in [5.74, 6) is 0.265. The van der Waals surface area contributed by atoms with Crippen molar-refractivity contribution in [2.45, 2.75) is 0 Å². The molecule has 0 aromatic heterocycles. The van der Waals surface area contributed by atoms with Crippen molar-refractivity contribution in [3.8, 4) is 5.75 Å². The predicted octanol–water partition coefficient (Wildman–Crippen LogP) is 0.856. The third-order valence-corrected chi connectivity index (χ3v) is 2.17. The van der Waals surface area contributed by atoms with Gasteiger partial charge in [0.25, 0.3) is 0 Å². The number of halogens is 1. The molecular formula is C6H6AsClO3Zr.